The Balaban J connectivity index is 1.92. The van der Waals surface area contributed by atoms with E-state index in [0.29, 0.717) is 13.0 Å². The maximum atomic E-state index is 7.01. The molecule has 0 spiro atoms. The molecule has 0 fully saturated rings. The Hall–Kier alpha value is -0.803. The Morgan fingerprint density at radius 1 is 0.710 bits per heavy atom. The molecule has 1 aromatic carbocycles. The van der Waals surface area contributed by atoms with E-state index in [4.69, 9.17) is 28.1 Å². The molecule has 0 radical (unpaired) electrons. The van der Waals surface area contributed by atoms with Crippen LogP contribution >= 0.6 is 0 Å². The largest absolute Gasteiger partial charge is 0.386 e. The molecule has 1 unspecified atom stereocenters. The van der Waals surface area contributed by atoms with E-state index in [9.17, 15) is 0 Å². The number of benzene rings is 1. The number of hydrogen-bond acceptors (Lipinski definition) is 6. The Morgan fingerprint density at radius 3 is 1.61 bits per heavy atom. The van der Waals surface area contributed by atoms with Crippen LogP contribution < -0.4 is 0 Å². The van der Waals surface area contributed by atoms with Gasteiger partial charge in [0.2, 0.25) is 0 Å². The van der Waals surface area contributed by atoms with E-state index in [2.05, 4.69) is 33.9 Å². The molecule has 7 heteroatoms. The van der Waals surface area contributed by atoms with Crippen LogP contribution in [0.1, 0.15) is 61.1 Å². The van der Waals surface area contributed by atoms with Gasteiger partial charge in [-0.05, 0) is 41.7 Å². The van der Waals surface area contributed by atoms with Crippen LogP contribution in [0.4, 0.5) is 0 Å². The smallest absolute Gasteiger partial charge is 0.199 e. The van der Waals surface area contributed by atoms with Gasteiger partial charge in [0, 0.05) is 71.0 Å². The van der Waals surface area contributed by atoms with Crippen LogP contribution in [0.25, 0.3) is 0 Å². The van der Waals surface area contributed by atoms with Gasteiger partial charge in [-0.1, -0.05) is 20.8 Å². The van der Waals surface area contributed by atoms with Gasteiger partial charge >= 0.3 is 0 Å². The van der Waals surface area contributed by atoms with Gasteiger partial charge in [0.25, 0.3) is 0 Å². The van der Waals surface area contributed by atoms with Crippen molar-refractivity contribution < 1.29 is 28.1 Å². The van der Waals surface area contributed by atoms with E-state index in [-0.39, 0.29) is 5.04 Å². The predicted octanol–water partition coefficient (Wildman–Crippen LogP) is 4.46. The minimum Gasteiger partial charge on any atom is -0.386 e. The second-order valence-corrected chi connectivity index (χ2v) is 15.2. The molecule has 3 aliphatic carbocycles. The highest BCUT2D eigenvalue weighted by Crippen LogP contribution is 2.63. The van der Waals surface area contributed by atoms with Crippen LogP contribution in [0.15, 0.2) is 0 Å². The van der Waals surface area contributed by atoms with Crippen LogP contribution in [0.5, 0.6) is 0 Å². The molecule has 4 rings (SSSR count). The van der Waals surface area contributed by atoms with Crippen LogP contribution in [0, 0.1) is 0 Å². The van der Waals surface area contributed by atoms with E-state index >= 15 is 0 Å². The molecular weight excluding hydrogens is 412 g/mol. The van der Waals surface area contributed by atoms with E-state index in [1.165, 1.54) is 16.7 Å². The van der Waals surface area contributed by atoms with E-state index in [1.807, 2.05) is 6.92 Å². The lowest BCUT2D eigenvalue weighted by Gasteiger charge is -2.59. The SMILES string of the molecule is CCOC1(O[Si](C)(C)C(C)(C)C)Cc2c3c(c4c(c21)C(OC)(OC)C4)C(OC)(OC)C3. The monoisotopic (exact) mass is 450 g/mol. The summed E-state index contributed by atoms with van der Waals surface area (Å²) in [5.74, 6) is -2.24. The lowest BCUT2D eigenvalue weighted by molar-refractivity contribution is -0.258. The molecule has 1 aromatic rings. The zero-order valence-corrected chi connectivity index (χ0v) is 21.8. The van der Waals surface area contributed by atoms with E-state index in [0.717, 1.165) is 29.5 Å². The van der Waals surface area contributed by atoms with Gasteiger partial charge in [-0.2, -0.15) is 0 Å². The van der Waals surface area contributed by atoms with Gasteiger partial charge in [0.05, 0.1) is 0 Å². The number of hydrogen-bond donors (Lipinski definition) is 0. The summed E-state index contributed by atoms with van der Waals surface area (Å²) in [6.07, 6.45) is 2.12. The average molecular weight is 451 g/mol. The molecule has 0 heterocycles. The molecule has 0 aliphatic heterocycles. The summed E-state index contributed by atoms with van der Waals surface area (Å²) in [6, 6.07) is 0. The van der Waals surface area contributed by atoms with E-state index < -0.39 is 25.7 Å². The quantitative estimate of drug-likeness (QED) is 0.431. The third-order valence-electron chi connectivity index (χ3n) is 8.12. The summed E-state index contributed by atoms with van der Waals surface area (Å²) in [7, 11) is 4.71. The van der Waals surface area contributed by atoms with Crippen molar-refractivity contribution in [2.45, 2.75) is 82.5 Å². The first kappa shape index (κ1) is 23.4. The summed E-state index contributed by atoms with van der Waals surface area (Å²) in [6.45, 7) is 13.9. The van der Waals surface area contributed by atoms with Crippen LogP contribution in [-0.4, -0.2) is 43.4 Å². The van der Waals surface area contributed by atoms with Gasteiger partial charge in [-0.15, -0.1) is 0 Å². The first-order chi connectivity index (χ1) is 14.4. The van der Waals surface area contributed by atoms with Crippen molar-refractivity contribution in [1.29, 1.82) is 0 Å². The Bertz CT molecular complexity index is 895. The minimum absolute atomic E-state index is 0.0701. The number of fused-ring (bicyclic) bond motifs is 6. The van der Waals surface area contributed by atoms with Crippen molar-refractivity contribution in [2.75, 3.05) is 35.0 Å². The molecule has 0 amide bonds. The van der Waals surface area contributed by atoms with Gasteiger partial charge in [0.1, 0.15) is 0 Å². The Labute approximate surface area is 187 Å². The predicted molar refractivity (Wildman–Crippen MR) is 121 cm³/mol. The molecular formula is C24H38O6Si. The van der Waals surface area contributed by atoms with Crippen molar-refractivity contribution >= 4 is 8.32 Å². The lowest BCUT2D eigenvalue weighted by Crippen LogP contribution is -2.61. The summed E-state index contributed by atoms with van der Waals surface area (Å²) >= 11 is 0. The second-order valence-electron chi connectivity index (χ2n) is 10.5. The van der Waals surface area contributed by atoms with Crippen LogP contribution in [0.2, 0.25) is 18.1 Å². The Kier molecular flexibility index (Phi) is 5.35. The highest BCUT2D eigenvalue weighted by molar-refractivity contribution is 6.74. The summed E-state index contributed by atoms with van der Waals surface area (Å²) in [4.78, 5) is 0. The zero-order valence-electron chi connectivity index (χ0n) is 20.8. The van der Waals surface area contributed by atoms with Crippen molar-refractivity contribution in [3.63, 3.8) is 0 Å². The molecule has 1 atom stereocenters. The molecule has 3 aliphatic rings. The third-order valence-corrected chi connectivity index (χ3v) is 12.6. The van der Waals surface area contributed by atoms with Crippen molar-refractivity contribution in [3.8, 4) is 0 Å². The lowest BCUT2D eigenvalue weighted by atomic mass is 9.58. The highest BCUT2D eigenvalue weighted by atomic mass is 28.4. The molecule has 31 heavy (non-hydrogen) atoms. The van der Waals surface area contributed by atoms with Crippen LogP contribution in [-0.2, 0) is 64.7 Å². The van der Waals surface area contributed by atoms with Crippen LogP contribution in [0.3, 0.4) is 0 Å². The summed E-state index contributed by atoms with van der Waals surface area (Å²) < 4.78 is 37.0. The molecule has 0 aromatic heterocycles. The minimum atomic E-state index is -2.11. The second kappa shape index (κ2) is 7.10. The fraction of sp³-hybridized carbons (Fsp3) is 0.750. The fourth-order valence-electron chi connectivity index (χ4n) is 5.32. The highest BCUT2D eigenvalue weighted by Gasteiger charge is 2.64. The molecule has 174 valence electrons. The summed E-state index contributed by atoms with van der Waals surface area (Å²) in [5.41, 5.74) is 7.09. The van der Waals surface area contributed by atoms with Crippen molar-refractivity contribution in [3.05, 3.63) is 33.4 Å². The molecule has 6 nitrogen and oxygen atoms in total. The van der Waals surface area contributed by atoms with Gasteiger partial charge in [-0.25, -0.2) is 0 Å². The molecule has 0 bridgehead atoms. The van der Waals surface area contributed by atoms with Gasteiger partial charge in [-0.3, -0.25) is 0 Å². The first-order valence-corrected chi connectivity index (χ1v) is 14.1. The number of ether oxygens (including phenoxy) is 5. The maximum Gasteiger partial charge on any atom is 0.199 e. The molecule has 0 saturated heterocycles. The van der Waals surface area contributed by atoms with Crippen molar-refractivity contribution in [1.82, 2.24) is 0 Å². The summed E-state index contributed by atoms with van der Waals surface area (Å²) in [5, 5.41) is 0.0701. The first-order valence-electron chi connectivity index (χ1n) is 11.2. The van der Waals surface area contributed by atoms with E-state index in [1.54, 1.807) is 28.4 Å². The number of methoxy groups -OCH3 is 4. The topological polar surface area (TPSA) is 55.4 Å². The standard InChI is InChI=1S/C24H38O6Si/c1-11-29-24(30-31(9,10)21(2,3)4)13-16-15-12-22(25-5,26-6)18(15)17-14-23(27-7,28-8)20(17)19(16)24/h11-14H2,1-10H3. The Morgan fingerprint density at radius 2 is 1.13 bits per heavy atom. The molecule has 0 saturated carbocycles. The van der Waals surface area contributed by atoms with Gasteiger partial charge < -0.3 is 28.1 Å². The normalized spacial score (nSPS) is 25.0. The molecule has 0 N–H and O–H groups in total. The van der Waals surface area contributed by atoms with Crippen molar-refractivity contribution in [2.24, 2.45) is 0 Å². The average Bonchev–Trinajstić information content (AvgIpc) is 2.66. The number of rotatable bonds is 8. The fourth-order valence-corrected chi connectivity index (χ4v) is 6.69. The van der Waals surface area contributed by atoms with Gasteiger partial charge in [0.15, 0.2) is 25.7 Å². The third kappa shape index (κ3) is 2.84. The zero-order chi connectivity index (χ0) is 23.0. The maximum absolute atomic E-state index is 7.01.